The Morgan fingerprint density at radius 3 is 2.57 bits per heavy atom. The fourth-order valence-corrected chi connectivity index (χ4v) is 3.72. The molecule has 1 aromatic carbocycles. The first-order valence-corrected chi connectivity index (χ1v) is 9.84. The van der Waals surface area contributed by atoms with Gasteiger partial charge in [0.25, 0.3) is 0 Å². The van der Waals surface area contributed by atoms with Crippen LogP contribution in [-0.4, -0.2) is 32.2 Å². The molecule has 3 rings (SSSR count). The van der Waals surface area contributed by atoms with Gasteiger partial charge in [0.1, 0.15) is 0 Å². The molecule has 8 heteroatoms. The van der Waals surface area contributed by atoms with Crippen molar-refractivity contribution in [1.82, 2.24) is 14.8 Å². The first kappa shape index (κ1) is 19.9. The number of furan rings is 1. The van der Waals surface area contributed by atoms with Crippen molar-refractivity contribution in [2.75, 3.05) is 5.75 Å². The van der Waals surface area contributed by atoms with E-state index >= 15 is 0 Å². The molecule has 28 heavy (non-hydrogen) atoms. The van der Waals surface area contributed by atoms with Crippen LogP contribution in [0.4, 0.5) is 0 Å². The number of carbonyl (C=O) groups is 2. The highest BCUT2D eigenvalue weighted by atomic mass is 32.2. The molecule has 3 aromatic rings. The number of amides is 1. The number of carbonyl (C=O) groups excluding carboxylic acids is 2. The van der Waals surface area contributed by atoms with Crippen LogP contribution in [0.2, 0.25) is 0 Å². The number of benzene rings is 1. The Hall–Kier alpha value is -2.87. The van der Waals surface area contributed by atoms with E-state index in [2.05, 4.69) is 10.2 Å². The van der Waals surface area contributed by atoms with E-state index in [1.807, 2.05) is 32.9 Å². The van der Waals surface area contributed by atoms with Gasteiger partial charge in [-0.05, 0) is 55.7 Å². The third kappa shape index (κ3) is 4.33. The maximum atomic E-state index is 12.7. The lowest BCUT2D eigenvalue weighted by atomic mass is 9.99. The molecular formula is C20H22N4O3S. The zero-order chi connectivity index (χ0) is 20.3. The predicted molar refractivity (Wildman–Crippen MR) is 107 cm³/mol. The van der Waals surface area contributed by atoms with E-state index in [0.717, 1.165) is 16.7 Å². The van der Waals surface area contributed by atoms with Crippen LogP contribution in [0.3, 0.4) is 0 Å². The highest BCUT2D eigenvalue weighted by Crippen LogP contribution is 2.26. The number of nitrogens with zero attached hydrogens (tertiary/aromatic N) is 3. The second kappa shape index (κ2) is 8.43. The van der Waals surface area contributed by atoms with Crippen molar-refractivity contribution in [2.45, 2.75) is 38.9 Å². The third-order valence-electron chi connectivity index (χ3n) is 4.51. The number of aromatic nitrogens is 3. The number of ketones is 1. The molecule has 1 amide bonds. The first-order valence-electron chi connectivity index (χ1n) is 8.86. The lowest BCUT2D eigenvalue weighted by Crippen LogP contribution is -2.15. The summed E-state index contributed by atoms with van der Waals surface area (Å²) in [5.41, 5.74) is 9.21. The SMILES string of the molecule is Cc1cc(C)c(C(=O)CSc2nnc(-c3ccco3)n2CCC(N)=O)cc1C. The summed E-state index contributed by atoms with van der Waals surface area (Å²) in [6, 6.07) is 7.47. The fraction of sp³-hybridized carbons (Fsp3) is 0.300. The van der Waals surface area contributed by atoms with Crippen molar-refractivity contribution in [2.24, 2.45) is 5.73 Å². The molecule has 0 fully saturated rings. The second-order valence-electron chi connectivity index (χ2n) is 6.61. The van der Waals surface area contributed by atoms with Crippen LogP contribution in [0.5, 0.6) is 0 Å². The van der Waals surface area contributed by atoms with Gasteiger partial charge in [-0.3, -0.25) is 14.2 Å². The monoisotopic (exact) mass is 398 g/mol. The van der Waals surface area contributed by atoms with Gasteiger partial charge in [0.2, 0.25) is 5.91 Å². The van der Waals surface area contributed by atoms with Gasteiger partial charge < -0.3 is 10.2 Å². The van der Waals surface area contributed by atoms with Gasteiger partial charge >= 0.3 is 0 Å². The summed E-state index contributed by atoms with van der Waals surface area (Å²) in [6.45, 7) is 6.28. The number of hydrogen-bond acceptors (Lipinski definition) is 6. The van der Waals surface area contributed by atoms with Crippen LogP contribution in [0, 0.1) is 20.8 Å². The zero-order valence-electron chi connectivity index (χ0n) is 16.1. The minimum absolute atomic E-state index is 0.0228. The van der Waals surface area contributed by atoms with Gasteiger partial charge in [-0.2, -0.15) is 0 Å². The topological polar surface area (TPSA) is 104 Å². The molecule has 2 heterocycles. The average Bonchev–Trinajstić information content (AvgIpc) is 3.30. The quantitative estimate of drug-likeness (QED) is 0.461. The number of Topliss-reactive ketones (excluding diaryl/α,β-unsaturated/α-hetero) is 1. The average molecular weight is 398 g/mol. The molecule has 0 aliphatic heterocycles. The van der Waals surface area contributed by atoms with Crippen molar-refractivity contribution in [3.05, 3.63) is 52.8 Å². The third-order valence-corrected chi connectivity index (χ3v) is 5.48. The van der Waals surface area contributed by atoms with Crippen LogP contribution in [0.15, 0.2) is 40.1 Å². The summed E-state index contributed by atoms with van der Waals surface area (Å²) in [6.07, 6.45) is 1.69. The molecule has 0 saturated heterocycles. The van der Waals surface area contributed by atoms with Crippen molar-refractivity contribution in [3.8, 4) is 11.6 Å². The van der Waals surface area contributed by atoms with E-state index in [9.17, 15) is 9.59 Å². The highest BCUT2D eigenvalue weighted by Gasteiger charge is 2.19. The van der Waals surface area contributed by atoms with E-state index in [4.69, 9.17) is 10.2 Å². The standard InChI is InChI=1S/C20H22N4O3S/c1-12-9-14(3)15(10-13(12)2)16(25)11-28-20-23-22-19(17-5-4-8-27-17)24(20)7-6-18(21)26/h4-5,8-10H,6-7,11H2,1-3H3,(H2,21,26). The van der Waals surface area contributed by atoms with Gasteiger partial charge in [0.15, 0.2) is 22.5 Å². The summed E-state index contributed by atoms with van der Waals surface area (Å²) in [4.78, 5) is 24.0. The Bertz CT molecular complexity index is 1010. The van der Waals surface area contributed by atoms with E-state index in [-0.39, 0.29) is 18.0 Å². The van der Waals surface area contributed by atoms with Crippen LogP contribution in [-0.2, 0) is 11.3 Å². The maximum Gasteiger partial charge on any atom is 0.219 e. The Morgan fingerprint density at radius 1 is 1.14 bits per heavy atom. The first-order chi connectivity index (χ1) is 13.4. The number of thioether (sulfide) groups is 1. The Morgan fingerprint density at radius 2 is 1.89 bits per heavy atom. The molecule has 0 saturated carbocycles. The van der Waals surface area contributed by atoms with Crippen LogP contribution >= 0.6 is 11.8 Å². The molecule has 2 aromatic heterocycles. The Labute approximate surface area is 167 Å². The lowest BCUT2D eigenvalue weighted by molar-refractivity contribution is -0.118. The summed E-state index contributed by atoms with van der Waals surface area (Å²) >= 11 is 1.28. The number of primary amides is 1. The van der Waals surface area contributed by atoms with E-state index < -0.39 is 5.91 Å². The molecule has 0 atom stereocenters. The second-order valence-corrected chi connectivity index (χ2v) is 7.56. The van der Waals surface area contributed by atoms with Gasteiger partial charge in [-0.25, -0.2) is 0 Å². The van der Waals surface area contributed by atoms with Gasteiger partial charge in [-0.15, -0.1) is 10.2 Å². The van der Waals surface area contributed by atoms with Crippen molar-refractivity contribution in [3.63, 3.8) is 0 Å². The van der Waals surface area contributed by atoms with Crippen LogP contribution in [0.1, 0.15) is 33.5 Å². The summed E-state index contributed by atoms with van der Waals surface area (Å²) in [7, 11) is 0. The molecule has 0 spiro atoms. The normalized spacial score (nSPS) is 11.0. The van der Waals surface area contributed by atoms with Gasteiger partial charge in [0, 0.05) is 18.5 Å². The van der Waals surface area contributed by atoms with E-state index in [1.54, 1.807) is 23.0 Å². The smallest absolute Gasteiger partial charge is 0.219 e. The molecule has 0 aliphatic rings. The van der Waals surface area contributed by atoms with E-state index in [0.29, 0.717) is 28.8 Å². The van der Waals surface area contributed by atoms with E-state index in [1.165, 1.54) is 11.8 Å². The van der Waals surface area contributed by atoms with Gasteiger partial charge in [0.05, 0.1) is 12.0 Å². The zero-order valence-corrected chi connectivity index (χ0v) is 16.9. The maximum absolute atomic E-state index is 12.7. The summed E-state index contributed by atoms with van der Waals surface area (Å²) < 4.78 is 7.16. The predicted octanol–water partition coefficient (Wildman–Crippen LogP) is 3.31. The van der Waals surface area contributed by atoms with Crippen LogP contribution in [0.25, 0.3) is 11.6 Å². The molecule has 0 radical (unpaired) electrons. The minimum atomic E-state index is -0.420. The number of hydrogen-bond donors (Lipinski definition) is 1. The lowest BCUT2D eigenvalue weighted by Gasteiger charge is -2.10. The summed E-state index contributed by atoms with van der Waals surface area (Å²) in [5, 5.41) is 8.89. The Kier molecular flexibility index (Phi) is 5.99. The summed E-state index contributed by atoms with van der Waals surface area (Å²) in [5.74, 6) is 0.867. The number of rotatable bonds is 8. The number of nitrogens with two attached hydrogens (primary N) is 1. The largest absolute Gasteiger partial charge is 0.461 e. The van der Waals surface area contributed by atoms with Crippen molar-refractivity contribution < 1.29 is 14.0 Å². The Balaban J connectivity index is 1.81. The fourth-order valence-electron chi connectivity index (χ4n) is 2.88. The molecule has 146 valence electrons. The molecule has 0 unspecified atom stereocenters. The molecular weight excluding hydrogens is 376 g/mol. The number of aryl methyl sites for hydroxylation is 3. The molecule has 0 bridgehead atoms. The van der Waals surface area contributed by atoms with Crippen LogP contribution < -0.4 is 5.73 Å². The molecule has 0 aliphatic carbocycles. The molecule has 7 nitrogen and oxygen atoms in total. The highest BCUT2D eigenvalue weighted by molar-refractivity contribution is 7.99. The van der Waals surface area contributed by atoms with Crippen molar-refractivity contribution >= 4 is 23.5 Å². The van der Waals surface area contributed by atoms with Gasteiger partial charge in [-0.1, -0.05) is 17.8 Å². The van der Waals surface area contributed by atoms with Crippen molar-refractivity contribution in [1.29, 1.82) is 0 Å². The minimum Gasteiger partial charge on any atom is -0.461 e. The molecule has 2 N–H and O–H groups in total.